The van der Waals surface area contributed by atoms with Gasteiger partial charge in [-0.15, -0.1) is 11.3 Å². The average Bonchev–Trinajstić information content (AvgIpc) is 3.32. The summed E-state index contributed by atoms with van der Waals surface area (Å²) in [7, 11) is 0. The zero-order valence-electron chi connectivity index (χ0n) is 14.7. The van der Waals surface area contributed by atoms with Crippen LogP contribution in [-0.2, 0) is 4.74 Å². The van der Waals surface area contributed by atoms with Gasteiger partial charge < -0.3 is 10.1 Å². The molecule has 3 aromatic rings. The maximum Gasteiger partial charge on any atom is 0.267 e. The van der Waals surface area contributed by atoms with Gasteiger partial charge in [0.25, 0.3) is 11.5 Å². The Kier molecular flexibility index (Phi) is 4.83. The maximum absolute atomic E-state index is 12.5. The molecule has 0 bridgehead atoms. The third-order valence-electron chi connectivity index (χ3n) is 4.43. The van der Waals surface area contributed by atoms with Gasteiger partial charge in [-0.2, -0.15) is 5.10 Å². The number of hydrogen-bond acceptors (Lipinski definition) is 6. The highest BCUT2D eigenvalue weighted by Crippen LogP contribution is 2.21. The fourth-order valence-electron chi connectivity index (χ4n) is 3.05. The number of rotatable bonds is 4. The number of hydrogen-bond donors (Lipinski definition) is 1. The summed E-state index contributed by atoms with van der Waals surface area (Å²) in [5, 5.41) is 7.47. The third kappa shape index (κ3) is 3.67. The van der Waals surface area contributed by atoms with E-state index in [9.17, 15) is 9.59 Å². The van der Waals surface area contributed by atoms with Gasteiger partial charge in [0.2, 0.25) is 0 Å². The van der Waals surface area contributed by atoms with Crippen LogP contribution in [0.2, 0.25) is 0 Å². The van der Waals surface area contributed by atoms with E-state index in [1.165, 1.54) is 22.1 Å². The minimum Gasteiger partial charge on any atom is -0.377 e. The molecule has 7 nitrogen and oxygen atoms in total. The molecule has 0 aliphatic carbocycles. The molecule has 4 heterocycles. The molecule has 3 aromatic heterocycles. The predicted octanol–water partition coefficient (Wildman–Crippen LogP) is 2.05. The van der Waals surface area contributed by atoms with Crippen molar-refractivity contribution >= 4 is 17.2 Å². The first-order chi connectivity index (χ1) is 13.1. The van der Waals surface area contributed by atoms with Crippen molar-refractivity contribution in [3.63, 3.8) is 0 Å². The lowest BCUT2D eigenvalue weighted by Gasteiger charge is -2.20. The van der Waals surface area contributed by atoms with Crippen LogP contribution in [0.4, 0.5) is 0 Å². The van der Waals surface area contributed by atoms with E-state index < -0.39 is 0 Å². The Morgan fingerprint density at radius 1 is 1.26 bits per heavy atom. The number of nitrogens with zero attached hydrogens (tertiary/aromatic N) is 3. The second kappa shape index (κ2) is 7.42. The summed E-state index contributed by atoms with van der Waals surface area (Å²) >= 11 is 1.44. The van der Waals surface area contributed by atoms with Crippen LogP contribution < -0.4 is 10.9 Å². The molecule has 0 spiro atoms. The van der Waals surface area contributed by atoms with Crippen molar-refractivity contribution < 1.29 is 9.53 Å². The van der Waals surface area contributed by atoms with Gasteiger partial charge in [-0.05, 0) is 37.3 Å². The zero-order valence-corrected chi connectivity index (χ0v) is 15.5. The molecule has 2 unspecified atom stereocenters. The van der Waals surface area contributed by atoms with Gasteiger partial charge in [0, 0.05) is 28.9 Å². The van der Waals surface area contributed by atoms with Crippen molar-refractivity contribution in [2.45, 2.75) is 19.0 Å². The highest BCUT2D eigenvalue weighted by Gasteiger charge is 2.33. The van der Waals surface area contributed by atoms with Gasteiger partial charge in [0.15, 0.2) is 0 Å². The van der Waals surface area contributed by atoms with Crippen LogP contribution in [0, 0.1) is 6.92 Å². The van der Waals surface area contributed by atoms with Crippen LogP contribution in [0.3, 0.4) is 0 Å². The SMILES string of the molecule is Cc1ccc(C(=O)NC2COCC2n2nc(-c3cccnc3)ccc2=O)s1. The Morgan fingerprint density at radius 2 is 2.15 bits per heavy atom. The summed E-state index contributed by atoms with van der Waals surface area (Å²) in [6, 6.07) is 9.88. The highest BCUT2D eigenvalue weighted by atomic mass is 32.1. The first-order valence-electron chi connectivity index (χ1n) is 8.57. The molecule has 1 aliphatic heterocycles. The molecule has 0 saturated carbocycles. The van der Waals surface area contributed by atoms with Crippen molar-refractivity contribution in [2.75, 3.05) is 13.2 Å². The molecular formula is C19H18N4O3S. The van der Waals surface area contributed by atoms with Gasteiger partial charge in [-0.1, -0.05) is 0 Å². The second-order valence-corrected chi connectivity index (χ2v) is 7.63. The first kappa shape index (κ1) is 17.6. The Labute approximate surface area is 159 Å². The van der Waals surface area contributed by atoms with Gasteiger partial charge in [0.1, 0.15) is 6.04 Å². The molecule has 27 heavy (non-hydrogen) atoms. The highest BCUT2D eigenvalue weighted by molar-refractivity contribution is 7.13. The molecule has 4 rings (SSSR count). The number of amides is 1. The molecule has 1 amide bonds. The molecule has 1 saturated heterocycles. The summed E-state index contributed by atoms with van der Waals surface area (Å²) < 4.78 is 6.95. The summed E-state index contributed by atoms with van der Waals surface area (Å²) in [4.78, 5) is 30.7. The molecule has 1 N–H and O–H groups in total. The fraction of sp³-hybridized carbons (Fsp3) is 0.263. The van der Waals surface area contributed by atoms with Gasteiger partial charge in [-0.25, -0.2) is 4.68 Å². The van der Waals surface area contributed by atoms with E-state index in [2.05, 4.69) is 15.4 Å². The number of aromatic nitrogens is 3. The van der Waals surface area contributed by atoms with Gasteiger partial charge in [0.05, 0.1) is 29.8 Å². The van der Waals surface area contributed by atoms with Crippen LogP contribution in [0.1, 0.15) is 20.6 Å². The van der Waals surface area contributed by atoms with Crippen LogP contribution >= 0.6 is 11.3 Å². The van der Waals surface area contributed by atoms with Gasteiger partial charge in [-0.3, -0.25) is 14.6 Å². The molecule has 2 atom stereocenters. The second-order valence-electron chi connectivity index (χ2n) is 6.34. The Bertz CT molecular complexity index is 1020. The average molecular weight is 382 g/mol. The van der Waals surface area contributed by atoms with E-state index in [0.717, 1.165) is 10.4 Å². The van der Waals surface area contributed by atoms with E-state index in [4.69, 9.17) is 4.74 Å². The van der Waals surface area contributed by atoms with Gasteiger partial charge >= 0.3 is 0 Å². The monoisotopic (exact) mass is 382 g/mol. The van der Waals surface area contributed by atoms with E-state index in [0.29, 0.717) is 23.8 Å². The number of carbonyl (C=O) groups is 1. The third-order valence-corrected chi connectivity index (χ3v) is 5.43. The number of aryl methyl sites for hydroxylation is 1. The largest absolute Gasteiger partial charge is 0.377 e. The van der Waals surface area contributed by atoms with E-state index in [1.54, 1.807) is 24.5 Å². The van der Waals surface area contributed by atoms with Crippen molar-refractivity contribution in [3.8, 4) is 11.3 Å². The molecule has 8 heteroatoms. The van der Waals surface area contributed by atoms with Crippen molar-refractivity contribution in [3.05, 3.63) is 68.9 Å². The summed E-state index contributed by atoms with van der Waals surface area (Å²) in [6.45, 7) is 2.61. The fourth-order valence-corrected chi connectivity index (χ4v) is 3.82. The van der Waals surface area contributed by atoms with E-state index in [1.807, 2.05) is 25.1 Å². The van der Waals surface area contributed by atoms with E-state index >= 15 is 0 Å². The molecule has 1 fully saturated rings. The number of carbonyl (C=O) groups excluding carboxylic acids is 1. The Hall–Kier alpha value is -2.84. The van der Waals surface area contributed by atoms with Crippen LogP contribution in [0.5, 0.6) is 0 Å². The quantitative estimate of drug-likeness (QED) is 0.746. The molecule has 138 valence electrons. The van der Waals surface area contributed by atoms with Crippen LogP contribution in [0.25, 0.3) is 11.3 Å². The minimum atomic E-state index is -0.362. The summed E-state index contributed by atoms with van der Waals surface area (Å²) in [5.41, 5.74) is 1.23. The molecular weight excluding hydrogens is 364 g/mol. The minimum absolute atomic E-state index is 0.162. The zero-order chi connectivity index (χ0) is 18.8. The van der Waals surface area contributed by atoms with Crippen molar-refractivity contribution in [1.82, 2.24) is 20.1 Å². The Morgan fingerprint density at radius 3 is 2.89 bits per heavy atom. The molecule has 0 aromatic carbocycles. The summed E-state index contributed by atoms with van der Waals surface area (Å²) in [6.07, 6.45) is 3.38. The van der Waals surface area contributed by atoms with Crippen LogP contribution in [-0.4, -0.2) is 39.9 Å². The number of pyridine rings is 1. The van der Waals surface area contributed by atoms with Crippen molar-refractivity contribution in [2.24, 2.45) is 0 Å². The topological polar surface area (TPSA) is 86.1 Å². The standard InChI is InChI=1S/C19H18N4O3S/c1-12-4-6-17(27-12)19(25)21-15-10-26-11-16(15)23-18(24)7-5-14(22-23)13-3-2-8-20-9-13/h2-9,15-16H,10-11H2,1H3,(H,21,25). The van der Waals surface area contributed by atoms with Crippen molar-refractivity contribution in [1.29, 1.82) is 0 Å². The number of ether oxygens (including phenoxy) is 1. The predicted molar refractivity (Wildman–Crippen MR) is 102 cm³/mol. The maximum atomic E-state index is 12.5. The number of nitrogens with one attached hydrogen (secondary N) is 1. The summed E-state index contributed by atoms with van der Waals surface area (Å²) in [5.74, 6) is -0.162. The Balaban J connectivity index is 1.60. The number of thiophene rings is 1. The lowest BCUT2D eigenvalue weighted by atomic mass is 10.1. The normalized spacial score (nSPS) is 19.1. The molecule has 0 radical (unpaired) electrons. The van der Waals surface area contributed by atoms with E-state index in [-0.39, 0.29) is 23.6 Å². The smallest absolute Gasteiger partial charge is 0.267 e. The lowest BCUT2D eigenvalue weighted by molar-refractivity contribution is 0.0929. The molecule has 1 aliphatic rings. The first-order valence-corrected chi connectivity index (χ1v) is 9.39. The van der Waals surface area contributed by atoms with Crippen LogP contribution in [0.15, 0.2) is 53.6 Å². The lowest BCUT2D eigenvalue weighted by Crippen LogP contribution is -2.43.